The Balaban J connectivity index is 2.00. The van der Waals surface area contributed by atoms with Crippen LogP contribution in [-0.4, -0.2) is 35.9 Å². The third-order valence-corrected chi connectivity index (χ3v) is 3.49. The lowest BCUT2D eigenvalue weighted by Crippen LogP contribution is -2.38. The molecule has 0 amide bonds. The smallest absolute Gasteiger partial charge is 0.151 e. The molecular formula is C14H24N4. The van der Waals surface area contributed by atoms with Gasteiger partial charge in [-0.2, -0.15) is 5.10 Å². The van der Waals surface area contributed by atoms with Crippen molar-refractivity contribution in [2.75, 3.05) is 24.5 Å². The first kappa shape index (κ1) is 13.3. The molecule has 1 aromatic heterocycles. The van der Waals surface area contributed by atoms with Crippen LogP contribution in [0.5, 0.6) is 0 Å². The molecule has 100 valence electrons. The van der Waals surface area contributed by atoms with Gasteiger partial charge in [-0.1, -0.05) is 13.3 Å². The van der Waals surface area contributed by atoms with Crippen molar-refractivity contribution in [3.8, 4) is 0 Å². The predicted molar refractivity (Wildman–Crippen MR) is 74.9 cm³/mol. The molecule has 1 saturated heterocycles. The number of aromatic nitrogens is 2. The minimum absolute atomic E-state index is 0.616. The maximum atomic E-state index is 4.32. The molecule has 0 aliphatic carbocycles. The van der Waals surface area contributed by atoms with Crippen LogP contribution >= 0.6 is 0 Å². The molecule has 1 unspecified atom stereocenters. The van der Waals surface area contributed by atoms with Crippen LogP contribution in [0.25, 0.3) is 0 Å². The molecule has 1 aromatic rings. The van der Waals surface area contributed by atoms with Gasteiger partial charge in [-0.05, 0) is 44.9 Å². The number of unbranched alkanes of at least 4 members (excludes halogenated alkanes) is 1. The van der Waals surface area contributed by atoms with Crippen LogP contribution in [0.4, 0.5) is 5.82 Å². The summed E-state index contributed by atoms with van der Waals surface area (Å²) in [5.41, 5.74) is 0.980. The van der Waals surface area contributed by atoms with E-state index in [1.54, 1.807) is 0 Å². The molecule has 2 rings (SSSR count). The SMILES string of the molecule is CCCCN(CC1CCCN1)c1ccc(C)nn1. The normalized spacial score (nSPS) is 19.1. The molecule has 0 radical (unpaired) electrons. The Labute approximate surface area is 110 Å². The molecule has 4 heteroatoms. The van der Waals surface area contributed by atoms with Gasteiger partial charge in [-0.25, -0.2) is 0 Å². The van der Waals surface area contributed by atoms with Gasteiger partial charge in [0.15, 0.2) is 5.82 Å². The fraction of sp³-hybridized carbons (Fsp3) is 0.714. The van der Waals surface area contributed by atoms with Crippen LogP contribution in [0.2, 0.25) is 0 Å². The zero-order chi connectivity index (χ0) is 12.8. The number of rotatable bonds is 6. The Hall–Kier alpha value is -1.16. The topological polar surface area (TPSA) is 41.0 Å². The maximum Gasteiger partial charge on any atom is 0.151 e. The standard InChI is InChI=1S/C14H24N4/c1-3-4-10-18(11-13-6-5-9-15-13)14-8-7-12(2)16-17-14/h7-8,13,15H,3-6,9-11H2,1-2H3. The van der Waals surface area contributed by atoms with Crippen LogP contribution in [-0.2, 0) is 0 Å². The van der Waals surface area contributed by atoms with Crippen LogP contribution in [0.3, 0.4) is 0 Å². The molecule has 1 N–H and O–H groups in total. The van der Waals surface area contributed by atoms with Gasteiger partial charge < -0.3 is 10.2 Å². The van der Waals surface area contributed by atoms with Gasteiger partial charge in [0.05, 0.1) is 5.69 Å². The van der Waals surface area contributed by atoms with E-state index in [2.05, 4.69) is 33.4 Å². The van der Waals surface area contributed by atoms with Crippen molar-refractivity contribution in [1.82, 2.24) is 15.5 Å². The van der Waals surface area contributed by atoms with Crippen LogP contribution in [0.15, 0.2) is 12.1 Å². The van der Waals surface area contributed by atoms with Crippen molar-refractivity contribution in [2.45, 2.75) is 45.6 Å². The van der Waals surface area contributed by atoms with Gasteiger partial charge in [0, 0.05) is 19.1 Å². The van der Waals surface area contributed by atoms with E-state index in [0.717, 1.165) is 31.1 Å². The van der Waals surface area contributed by atoms with E-state index in [-0.39, 0.29) is 0 Å². The molecule has 0 bridgehead atoms. The van der Waals surface area contributed by atoms with Gasteiger partial charge in [0.25, 0.3) is 0 Å². The van der Waals surface area contributed by atoms with Crippen molar-refractivity contribution in [3.05, 3.63) is 17.8 Å². The van der Waals surface area contributed by atoms with Crippen molar-refractivity contribution < 1.29 is 0 Å². The summed E-state index contributed by atoms with van der Waals surface area (Å²) in [5.74, 6) is 1.02. The summed E-state index contributed by atoms with van der Waals surface area (Å²) >= 11 is 0. The molecule has 1 aliphatic rings. The molecule has 0 saturated carbocycles. The molecule has 0 spiro atoms. The minimum atomic E-state index is 0.616. The lowest BCUT2D eigenvalue weighted by Gasteiger charge is -2.26. The summed E-state index contributed by atoms with van der Waals surface area (Å²) in [6.07, 6.45) is 5.00. The van der Waals surface area contributed by atoms with Gasteiger partial charge >= 0.3 is 0 Å². The van der Waals surface area contributed by atoms with Gasteiger partial charge in [-0.15, -0.1) is 5.10 Å². The maximum absolute atomic E-state index is 4.32. The second-order valence-electron chi connectivity index (χ2n) is 5.13. The highest BCUT2D eigenvalue weighted by Crippen LogP contribution is 2.14. The molecule has 2 heterocycles. The third kappa shape index (κ3) is 3.67. The van der Waals surface area contributed by atoms with Gasteiger partial charge in [0.1, 0.15) is 0 Å². The Morgan fingerprint density at radius 1 is 1.39 bits per heavy atom. The largest absolute Gasteiger partial charge is 0.354 e. The summed E-state index contributed by atoms with van der Waals surface area (Å²) < 4.78 is 0. The van der Waals surface area contributed by atoms with Crippen molar-refractivity contribution in [2.24, 2.45) is 0 Å². The summed E-state index contributed by atoms with van der Waals surface area (Å²) in [6, 6.07) is 4.75. The Bertz CT molecular complexity index is 343. The van der Waals surface area contributed by atoms with Crippen LogP contribution in [0, 0.1) is 6.92 Å². The third-order valence-electron chi connectivity index (χ3n) is 3.49. The fourth-order valence-electron chi connectivity index (χ4n) is 2.39. The highest BCUT2D eigenvalue weighted by molar-refractivity contribution is 5.37. The molecule has 0 aromatic carbocycles. The van der Waals surface area contributed by atoms with Crippen molar-refractivity contribution in [3.63, 3.8) is 0 Å². The zero-order valence-corrected chi connectivity index (χ0v) is 11.5. The lowest BCUT2D eigenvalue weighted by atomic mass is 10.2. The predicted octanol–water partition coefficient (Wildman–Crippen LogP) is 2.14. The summed E-state index contributed by atoms with van der Waals surface area (Å²) in [7, 11) is 0. The second kappa shape index (κ2) is 6.69. The van der Waals surface area contributed by atoms with Crippen LogP contribution < -0.4 is 10.2 Å². The van der Waals surface area contributed by atoms with Gasteiger partial charge in [0.2, 0.25) is 0 Å². The van der Waals surface area contributed by atoms with Crippen LogP contribution in [0.1, 0.15) is 38.3 Å². The fourth-order valence-corrected chi connectivity index (χ4v) is 2.39. The monoisotopic (exact) mass is 248 g/mol. The van der Waals surface area contributed by atoms with E-state index in [0.29, 0.717) is 6.04 Å². The number of hydrogen-bond donors (Lipinski definition) is 1. The minimum Gasteiger partial charge on any atom is -0.354 e. The molecule has 1 aliphatic heterocycles. The Kier molecular flexibility index (Phi) is 4.93. The van der Waals surface area contributed by atoms with E-state index in [9.17, 15) is 0 Å². The zero-order valence-electron chi connectivity index (χ0n) is 11.5. The number of nitrogens with zero attached hydrogens (tertiary/aromatic N) is 3. The lowest BCUT2D eigenvalue weighted by molar-refractivity contribution is 0.567. The highest BCUT2D eigenvalue weighted by atomic mass is 15.3. The van der Waals surface area contributed by atoms with Gasteiger partial charge in [-0.3, -0.25) is 0 Å². The number of anilines is 1. The number of nitrogens with one attached hydrogen (secondary N) is 1. The Morgan fingerprint density at radius 3 is 2.89 bits per heavy atom. The van der Waals surface area contributed by atoms with E-state index < -0.39 is 0 Å². The van der Waals surface area contributed by atoms with E-state index in [4.69, 9.17) is 0 Å². The average Bonchev–Trinajstić information content (AvgIpc) is 2.88. The summed E-state index contributed by atoms with van der Waals surface area (Å²) in [5, 5.41) is 12.0. The quantitative estimate of drug-likeness (QED) is 0.837. The number of aryl methyl sites for hydroxylation is 1. The highest BCUT2D eigenvalue weighted by Gasteiger charge is 2.18. The van der Waals surface area contributed by atoms with Crippen molar-refractivity contribution >= 4 is 5.82 Å². The van der Waals surface area contributed by atoms with E-state index in [1.165, 1.54) is 25.7 Å². The summed E-state index contributed by atoms with van der Waals surface area (Å²) in [4.78, 5) is 2.37. The van der Waals surface area contributed by atoms with E-state index in [1.807, 2.05) is 13.0 Å². The van der Waals surface area contributed by atoms with E-state index >= 15 is 0 Å². The molecule has 1 fully saturated rings. The first-order valence-electron chi connectivity index (χ1n) is 7.08. The molecular weight excluding hydrogens is 224 g/mol. The summed E-state index contributed by atoms with van der Waals surface area (Å²) in [6.45, 7) is 7.49. The number of hydrogen-bond acceptors (Lipinski definition) is 4. The molecule has 1 atom stereocenters. The van der Waals surface area contributed by atoms with Crippen molar-refractivity contribution in [1.29, 1.82) is 0 Å². The molecule has 18 heavy (non-hydrogen) atoms. The first-order chi connectivity index (χ1) is 8.79. The first-order valence-corrected chi connectivity index (χ1v) is 7.08. The average molecular weight is 248 g/mol. The Morgan fingerprint density at radius 2 is 2.28 bits per heavy atom. The second-order valence-corrected chi connectivity index (χ2v) is 5.13. The molecule has 4 nitrogen and oxygen atoms in total.